The van der Waals surface area contributed by atoms with E-state index in [-0.39, 0.29) is 17.5 Å². The van der Waals surface area contributed by atoms with Crippen molar-refractivity contribution >= 4 is 17.2 Å². The zero-order chi connectivity index (χ0) is 18.1. The van der Waals surface area contributed by atoms with Gasteiger partial charge >= 0.3 is 5.69 Å². The molecule has 0 aromatic carbocycles. The number of carbonyl (C=O) groups is 1. The summed E-state index contributed by atoms with van der Waals surface area (Å²) in [5, 5.41) is 10.2. The van der Waals surface area contributed by atoms with E-state index in [1.54, 1.807) is 15.9 Å². The Bertz CT molecular complexity index is 825. The maximum Gasteiger partial charge on any atom is 0.343 e. The SMILES string of the molecule is CCn1c(C2CCN(C(=O)c3ccc([C@H]4CCCN4)s3)CC2)n[nH]c1=O. The summed E-state index contributed by atoms with van der Waals surface area (Å²) in [5.74, 6) is 1.20. The van der Waals surface area contributed by atoms with Gasteiger partial charge in [-0.25, -0.2) is 9.89 Å². The lowest BCUT2D eigenvalue weighted by Gasteiger charge is -2.31. The van der Waals surface area contributed by atoms with Crippen molar-refractivity contribution in [1.82, 2.24) is 25.0 Å². The topological polar surface area (TPSA) is 83.0 Å². The number of H-pyrrole nitrogens is 1. The molecule has 26 heavy (non-hydrogen) atoms. The minimum atomic E-state index is -0.146. The third kappa shape index (κ3) is 3.23. The van der Waals surface area contributed by atoms with E-state index in [2.05, 4.69) is 21.6 Å². The molecule has 2 aliphatic rings. The van der Waals surface area contributed by atoms with Crippen molar-refractivity contribution in [2.24, 2.45) is 0 Å². The lowest BCUT2D eigenvalue weighted by atomic mass is 9.95. The van der Waals surface area contributed by atoms with Crippen LogP contribution in [0.25, 0.3) is 0 Å². The molecule has 140 valence electrons. The number of carbonyl (C=O) groups excluding carboxylic acids is 1. The average molecular weight is 375 g/mol. The molecule has 4 heterocycles. The smallest absolute Gasteiger partial charge is 0.338 e. The number of likely N-dealkylation sites (tertiary alicyclic amines) is 1. The predicted molar refractivity (Wildman–Crippen MR) is 101 cm³/mol. The zero-order valence-electron chi connectivity index (χ0n) is 15.0. The highest BCUT2D eigenvalue weighted by atomic mass is 32.1. The van der Waals surface area contributed by atoms with Crippen LogP contribution >= 0.6 is 11.3 Å². The number of aromatic amines is 1. The van der Waals surface area contributed by atoms with Crippen molar-refractivity contribution in [3.63, 3.8) is 0 Å². The van der Waals surface area contributed by atoms with Gasteiger partial charge in [0.2, 0.25) is 0 Å². The first-order valence-electron chi connectivity index (χ1n) is 9.45. The van der Waals surface area contributed by atoms with Gasteiger partial charge in [-0.3, -0.25) is 9.36 Å². The van der Waals surface area contributed by atoms with E-state index >= 15 is 0 Å². The number of aromatic nitrogens is 3. The predicted octanol–water partition coefficient (Wildman–Crippen LogP) is 2.10. The first-order valence-corrected chi connectivity index (χ1v) is 10.3. The van der Waals surface area contributed by atoms with Gasteiger partial charge in [-0.05, 0) is 51.3 Å². The van der Waals surface area contributed by atoms with Crippen LogP contribution in [0.15, 0.2) is 16.9 Å². The summed E-state index contributed by atoms with van der Waals surface area (Å²) < 4.78 is 1.70. The fraction of sp³-hybridized carbons (Fsp3) is 0.611. The van der Waals surface area contributed by atoms with E-state index in [1.165, 1.54) is 11.3 Å². The Kier molecular flexibility index (Phi) is 4.95. The molecule has 2 aliphatic heterocycles. The molecule has 0 bridgehead atoms. The van der Waals surface area contributed by atoms with Crippen molar-refractivity contribution in [3.05, 3.63) is 38.2 Å². The van der Waals surface area contributed by atoms with E-state index in [1.807, 2.05) is 17.9 Å². The van der Waals surface area contributed by atoms with Crippen LogP contribution in [0.5, 0.6) is 0 Å². The van der Waals surface area contributed by atoms with Gasteiger partial charge in [0.25, 0.3) is 5.91 Å². The Labute approximate surface area is 156 Å². The van der Waals surface area contributed by atoms with Gasteiger partial charge in [-0.2, -0.15) is 5.10 Å². The largest absolute Gasteiger partial charge is 0.343 e. The van der Waals surface area contributed by atoms with E-state index in [0.29, 0.717) is 25.7 Å². The second kappa shape index (κ2) is 7.36. The summed E-state index contributed by atoms with van der Waals surface area (Å²) in [6, 6.07) is 4.48. The van der Waals surface area contributed by atoms with Crippen molar-refractivity contribution in [2.75, 3.05) is 19.6 Å². The molecular weight excluding hydrogens is 350 g/mol. The number of hydrogen-bond acceptors (Lipinski definition) is 5. The lowest BCUT2D eigenvalue weighted by molar-refractivity contribution is 0.0715. The van der Waals surface area contributed by atoms with E-state index in [4.69, 9.17) is 0 Å². The highest BCUT2D eigenvalue weighted by molar-refractivity contribution is 7.14. The second-order valence-corrected chi connectivity index (χ2v) is 8.16. The molecule has 0 spiro atoms. The number of hydrogen-bond donors (Lipinski definition) is 2. The van der Waals surface area contributed by atoms with Crippen LogP contribution < -0.4 is 11.0 Å². The standard InChI is InChI=1S/C18H25N5O2S/c1-2-23-16(20-21-18(23)25)12-7-10-22(11-8-12)17(24)15-6-5-14(26-15)13-4-3-9-19-13/h5-6,12-13,19H,2-4,7-11H2,1H3,(H,21,25)/t13-/m1/s1. The summed E-state index contributed by atoms with van der Waals surface area (Å²) in [6.45, 7) is 5.06. The molecule has 2 N–H and O–H groups in total. The van der Waals surface area contributed by atoms with Crippen LogP contribution in [0.4, 0.5) is 0 Å². The third-order valence-electron chi connectivity index (χ3n) is 5.49. The zero-order valence-corrected chi connectivity index (χ0v) is 15.8. The molecule has 2 aromatic heterocycles. The number of piperidine rings is 1. The van der Waals surface area contributed by atoms with Gasteiger partial charge in [0.1, 0.15) is 5.82 Å². The Hall–Kier alpha value is -1.93. The fourth-order valence-electron chi connectivity index (χ4n) is 4.03. The minimum absolute atomic E-state index is 0.132. The Balaban J connectivity index is 1.40. The summed E-state index contributed by atoms with van der Waals surface area (Å²) in [4.78, 5) is 28.6. The molecule has 7 nitrogen and oxygen atoms in total. The molecule has 0 unspecified atom stereocenters. The Morgan fingerprint density at radius 1 is 1.31 bits per heavy atom. The molecule has 2 aromatic rings. The van der Waals surface area contributed by atoms with Crippen LogP contribution in [0.3, 0.4) is 0 Å². The Morgan fingerprint density at radius 3 is 2.81 bits per heavy atom. The molecule has 4 rings (SSSR count). The molecular formula is C18H25N5O2S. The molecule has 0 aliphatic carbocycles. The van der Waals surface area contributed by atoms with Gasteiger partial charge in [-0.1, -0.05) is 0 Å². The Morgan fingerprint density at radius 2 is 2.12 bits per heavy atom. The van der Waals surface area contributed by atoms with Gasteiger partial charge < -0.3 is 10.2 Å². The molecule has 2 fully saturated rings. The van der Waals surface area contributed by atoms with E-state index < -0.39 is 0 Å². The van der Waals surface area contributed by atoms with Crippen molar-refractivity contribution in [2.45, 2.75) is 51.1 Å². The fourth-order valence-corrected chi connectivity index (χ4v) is 5.11. The van der Waals surface area contributed by atoms with Gasteiger partial charge in [-0.15, -0.1) is 11.3 Å². The summed E-state index contributed by atoms with van der Waals surface area (Å²) in [7, 11) is 0. The van der Waals surface area contributed by atoms with Crippen LogP contribution in [-0.4, -0.2) is 45.2 Å². The van der Waals surface area contributed by atoms with Crippen molar-refractivity contribution < 1.29 is 4.79 Å². The number of nitrogens with zero attached hydrogens (tertiary/aromatic N) is 3. The van der Waals surface area contributed by atoms with Gasteiger partial charge in [0.15, 0.2) is 0 Å². The normalized spacial score (nSPS) is 21.4. The average Bonchev–Trinajstić information content (AvgIpc) is 3.41. The van der Waals surface area contributed by atoms with Gasteiger partial charge in [0, 0.05) is 36.5 Å². The molecule has 1 amide bonds. The minimum Gasteiger partial charge on any atom is -0.338 e. The first-order chi connectivity index (χ1) is 12.7. The maximum atomic E-state index is 12.8. The summed E-state index contributed by atoms with van der Waals surface area (Å²) in [6.07, 6.45) is 4.05. The van der Waals surface area contributed by atoms with E-state index in [9.17, 15) is 9.59 Å². The first kappa shape index (κ1) is 17.5. The van der Waals surface area contributed by atoms with Gasteiger partial charge in [0.05, 0.1) is 4.88 Å². The maximum absolute atomic E-state index is 12.8. The molecule has 0 saturated carbocycles. The lowest BCUT2D eigenvalue weighted by Crippen LogP contribution is -2.38. The molecule has 0 radical (unpaired) electrons. The van der Waals surface area contributed by atoms with Crippen LogP contribution in [-0.2, 0) is 6.54 Å². The summed E-state index contributed by atoms with van der Waals surface area (Å²) in [5.41, 5.74) is -0.146. The quantitative estimate of drug-likeness (QED) is 0.857. The molecule has 8 heteroatoms. The van der Waals surface area contributed by atoms with E-state index in [0.717, 1.165) is 36.5 Å². The highest BCUT2D eigenvalue weighted by Crippen LogP contribution is 2.31. The monoisotopic (exact) mass is 375 g/mol. The van der Waals surface area contributed by atoms with Crippen LogP contribution in [0.2, 0.25) is 0 Å². The number of amides is 1. The number of thiophene rings is 1. The number of rotatable bonds is 4. The van der Waals surface area contributed by atoms with Crippen molar-refractivity contribution in [3.8, 4) is 0 Å². The molecule has 1 atom stereocenters. The van der Waals surface area contributed by atoms with Crippen molar-refractivity contribution in [1.29, 1.82) is 0 Å². The highest BCUT2D eigenvalue weighted by Gasteiger charge is 2.29. The third-order valence-corrected chi connectivity index (χ3v) is 6.68. The van der Waals surface area contributed by atoms with Crippen LogP contribution in [0, 0.1) is 0 Å². The summed E-state index contributed by atoms with van der Waals surface area (Å²) >= 11 is 1.62. The number of nitrogens with one attached hydrogen (secondary N) is 2. The molecule has 2 saturated heterocycles. The van der Waals surface area contributed by atoms with Crippen LogP contribution in [0.1, 0.15) is 64.9 Å². The second-order valence-electron chi connectivity index (χ2n) is 7.05.